The average Bonchev–Trinajstić information content (AvgIpc) is 2.77. The summed E-state index contributed by atoms with van der Waals surface area (Å²) in [6.45, 7) is 1.80. The molecule has 2 heterocycles. The van der Waals surface area contributed by atoms with Gasteiger partial charge < -0.3 is 15.2 Å². The van der Waals surface area contributed by atoms with Gasteiger partial charge >= 0.3 is 5.97 Å². The molecule has 0 aliphatic carbocycles. The van der Waals surface area contributed by atoms with Crippen molar-refractivity contribution < 1.29 is 14.3 Å². The van der Waals surface area contributed by atoms with Crippen LogP contribution in [0.15, 0.2) is 18.3 Å². The SMILES string of the molecule is COC(=O)c1nc(C(C)N)n2cccc(OC)c12. The second-order valence-corrected chi connectivity index (χ2v) is 3.89. The third kappa shape index (κ3) is 1.80. The summed E-state index contributed by atoms with van der Waals surface area (Å²) in [6.07, 6.45) is 1.79. The molecule has 2 rings (SSSR count). The largest absolute Gasteiger partial charge is 0.494 e. The first-order valence-corrected chi connectivity index (χ1v) is 5.49. The van der Waals surface area contributed by atoms with E-state index >= 15 is 0 Å². The Morgan fingerprint density at radius 1 is 1.50 bits per heavy atom. The van der Waals surface area contributed by atoms with E-state index in [1.165, 1.54) is 14.2 Å². The van der Waals surface area contributed by atoms with E-state index in [1.54, 1.807) is 29.7 Å². The Balaban J connectivity index is 2.81. The number of methoxy groups -OCH3 is 2. The molecule has 0 saturated carbocycles. The van der Waals surface area contributed by atoms with Crippen LogP contribution in [0.3, 0.4) is 0 Å². The number of aromatic nitrogens is 2. The van der Waals surface area contributed by atoms with Gasteiger partial charge in [0.2, 0.25) is 0 Å². The predicted molar refractivity (Wildman–Crippen MR) is 65.7 cm³/mol. The van der Waals surface area contributed by atoms with Crippen molar-refractivity contribution in [3.8, 4) is 5.75 Å². The number of nitrogens with two attached hydrogens (primary N) is 1. The molecule has 0 saturated heterocycles. The number of imidazole rings is 1. The number of hydrogen-bond donors (Lipinski definition) is 1. The number of nitrogens with zero attached hydrogens (tertiary/aromatic N) is 2. The van der Waals surface area contributed by atoms with Crippen LogP contribution in [0, 0.1) is 0 Å². The van der Waals surface area contributed by atoms with Gasteiger partial charge in [-0.2, -0.15) is 0 Å². The van der Waals surface area contributed by atoms with Gasteiger partial charge in [0, 0.05) is 6.20 Å². The van der Waals surface area contributed by atoms with Crippen molar-refractivity contribution >= 4 is 11.5 Å². The quantitative estimate of drug-likeness (QED) is 0.825. The molecule has 0 fully saturated rings. The fourth-order valence-corrected chi connectivity index (χ4v) is 1.86. The van der Waals surface area contributed by atoms with E-state index < -0.39 is 5.97 Å². The topological polar surface area (TPSA) is 78.8 Å². The van der Waals surface area contributed by atoms with Gasteiger partial charge in [-0.1, -0.05) is 0 Å². The number of carbonyl (C=O) groups is 1. The van der Waals surface area contributed by atoms with Gasteiger partial charge in [0.15, 0.2) is 5.69 Å². The zero-order chi connectivity index (χ0) is 13.3. The van der Waals surface area contributed by atoms with Crippen molar-refractivity contribution in [1.29, 1.82) is 0 Å². The molecule has 0 aliphatic heterocycles. The fourth-order valence-electron chi connectivity index (χ4n) is 1.86. The minimum absolute atomic E-state index is 0.210. The Hall–Kier alpha value is -2.08. The third-order valence-corrected chi connectivity index (χ3v) is 2.66. The smallest absolute Gasteiger partial charge is 0.359 e. The van der Waals surface area contributed by atoms with Crippen molar-refractivity contribution in [3.05, 3.63) is 29.8 Å². The van der Waals surface area contributed by atoms with Crippen LogP contribution in [-0.4, -0.2) is 29.6 Å². The number of rotatable bonds is 3. The zero-order valence-corrected chi connectivity index (χ0v) is 10.5. The number of pyridine rings is 1. The summed E-state index contributed by atoms with van der Waals surface area (Å²) in [5.41, 5.74) is 6.63. The normalized spacial score (nSPS) is 12.4. The fraction of sp³-hybridized carbons (Fsp3) is 0.333. The molecule has 6 heteroatoms. The number of esters is 1. The molecular formula is C12H15N3O3. The lowest BCUT2D eigenvalue weighted by atomic mass is 10.3. The Bertz CT molecular complexity index is 590. The van der Waals surface area contributed by atoms with Crippen LogP contribution in [0.25, 0.3) is 5.52 Å². The van der Waals surface area contributed by atoms with E-state index in [-0.39, 0.29) is 11.7 Å². The molecule has 1 unspecified atom stereocenters. The summed E-state index contributed by atoms with van der Waals surface area (Å²) in [5, 5.41) is 0. The number of fused-ring (bicyclic) bond motifs is 1. The molecule has 6 nitrogen and oxygen atoms in total. The predicted octanol–water partition coefficient (Wildman–Crippen LogP) is 1.15. The Morgan fingerprint density at radius 2 is 2.22 bits per heavy atom. The summed E-state index contributed by atoms with van der Waals surface area (Å²) in [7, 11) is 2.85. The molecule has 2 N–H and O–H groups in total. The maximum Gasteiger partial charge on any atom is 0.359 e. The van der Waals surface area contributed by atoms with Crippen molar-refractivity contribution in [2.24, 2.45) is 5.73 Å². The minimum atomic E-state index is -0.510. The van der Waals surface area contributed by atoms with Crippen LogP contribution in [-0.2, 0) is 4.74 Å². The first-order valence-electron chi connectivity index (χ1n) is 5.49. The monoisotopic (exact) mass is 249 g/mol. The van der Waals surface area contributed by atoms with Crippen LogP contribution in [0.1, 0.15) is 29.3 Å². The molecule has 0 bridgehead atoms. The standard InChI is InChI=1S/C12H15N3O3/c1-7(13)11-14-9(12(16)18-3)10-8(17-2)5-4-6-15(10)11/h4-7H,13H2,1-3H3. The van der Waals surface area contributed by atoms with Crippen molar-refractivity contribution in [2.45, 2.75) is 13.0 Å². The Labute approximate surface area is 104 Å². The van der Waals surface area contributed by atoms with Crippen LogP contribution in [0.5, 0.6) is 5.75 Å². The molecule has 1 atom stereocenters. The summed E-state index contributed by atoms with van der Waals surface area (Å²) in [4.78, 5) is 16.0. The highest BCUT2D eigenvalue weighted by molar-refractivity contribution is 5.97. The van der Waals surface area contributed by atoms with E-state index in [0.29, 0.717) is 17.1 Å². The zero-order valence-electron chi connectivity index (χ0n) is 10.5. The second-order valence-electron chi connectivity index (χ2n) is 3.89. The molecule has 18 heavy (non-hydrogen) atoms. The number of hydrogen-bond acceptors (Lipinski definition) is 5. The van der Waals surface area contributed by atoms with E-state index in [1.807, 2.05) is 0 Å². The van der Waals surface area contributed by atoms with Crippen molar-refractivity contribution in [3.63, 3.8) is 0 Å². The van der Waals surface area contributed by atoms with Gasteiger partial charge in [-0.15, -0.1) is 0 Å². The molecular weight excluding hydrogens is 234 g/mol. The average molecular weight is 249 g/mol. The third-order valence-electron chi connectivity index (χ3n) is 2.66. The molecule has 0 radical (unpaired) electrons. The van der Waals surface area contributed by atoms with Crippen molar-refractivity contribution in [1.82, 2.24) is 9.38 Å². The van der Waals surface area contributed by atoms with E-state index in [9.17, 15) is 4.79 Å². The van der Waals surface area contributed by atoms with E-state index in [2.05, 4.69) is 4.98 Å². The van der Waals surface area contributed by atoms with Gasteiger partial charge in [0.1, 0.15) is 17.1 Å². The lowest BCUT2D eigenvalue weighted by Gasteiger charge is -2.06. The van der Waals surface area contributed by atoms with Crippen molar-refractivity contribution in [2.75, 3.05) is 14.2 Å². The van der Waals surface area contributed by atoms with Gasteiger partial charge in [-0.25, -0.2) is 9.78 Å². The number of ether oxygens (including phenoxy) is 2. The molecule has 2 aromatic heterocycles. The molecule has 2 aromatic rings. The van der Waals surface area contributed by atoms with Gasteiger partial charge in [-0.05, 0) is 19.1 Å². The maximum absolute atomic E-state index is 11.7. The summed E-state index contributed by atoms with van der Waals surface area (Å²) in [5.74, 6) is 0.630. The van der Waals surface area contributed by atoms with E-state index in [4.69, 9.17) is 15.2 Å². The van der Waals surface area contributed by atoms with Gasteiger partial charge in [0.25, 0.3) is 0 Å². The highest BCUT2D eigenvalue weighted by atomic mass is 16.5. The first kappa shape index (κ1) is 12.4. The molecule has 0 aliphatic rings. The van der Waals surface area contributed by atoms with Gasteiger partial charge in [0.05, 0.1) is 20.3 Å². The highest BCUT2D eigenvalue weighted by Crippen LogP contribution is 2.26. The van der Waals surface area contributed by atoms with Crippen LogP contribution >= 0.6 is 0 Å². The Kier molecular flexibility index (Phi) is 3.20. The van der Waals surface area contributed by atoms with E-state index in [0.717, 1.165) is 0 Å². The minimum Gasteiger partial charge on any atom is -0.494 e. The van der Waals surface area contributed by atoms with Gasteiger partial charge in [-0.3, -0.25) is 4.40 Å². The Morgan fingerprint density at radius 3 is 2.78 bits per heavy atom. The lowest BCUT2D eigenvalue weighted by Crippen LogP contribution is -2.09. The molecule has 0 aromatic carbocycles. The lowest BCUT2D eigenvalue weighted by molar-refractivity contribution is 0.0596. The number of carbonyl (C=O) groups excluding carboxylic acids is 1. The summed E-state index contributed by atoms with van der Waals surface area (Å²) in [6, 6.07) is 3.26. The summed E-state index contributed by atoms with van der Waals surface area (Å²) >= 11 is 0. The highest BCUT2D eigenvalue weighted by Gasteiger charge is 2.22. The molecule has 0 amide bonds. The molecule has 0 spiro atoms. The second kappa shape index (κ2) is 4.66. The molecule has 96 valence electrons. The van der Waals surface area contributed by atoms with Crippen LogP contribution in [0.2, 0.25) is 0 Å². The van der Waals surface area contributed by atoms with Crippen LogP contribution in [0.4, 0.5) is 0 Å². The first-order chi connectivity index (χ1) is 8.60. The van der Waals surface area contributed by atoms with Crippen LogP contribution < -0.4 is 10.5 Å². The maximum atomic E-state index is 11.7. The summed E-state index contributed by atoms with van der Waals surface area (Å²) < 4.78 is 11.7.